The van der Waals surface area contributed by atoms with Gasteiger partial charge >= 0.3 is 5.97 Å². The van der Waals surface area contributed by atoms with Crippen LogP contribution in [0, 0.1) is 0 Å². The third kappa shape index (κ3) is 7.02. The maximum atomic E-state index is 11.5. The minimum atomic E-state index is -0.777. The predicted molar refractivity (Wildman–Crippen MR) is 100 cm³/mol. The number of aryl methyl sites for hydroxylation is 1. The largest absolute Gasteiger partial charge is 0.478 e. The third-order valence-electron chi connectivity index (χ3n) is 4.12. The summed E-state index contributed by atoms with van der Waals surface area (Å²) in [4.78, 5) is 11.5. The summed E-state index contributed by atoms with van der Waals surface area (Å²) >= 11 is 0. The molecular formula is C21H34O2. The van der Waals surface area contributed by atoms with E-state index in [1.54, 1.807) is 0 Å². The van der Waals surface area contributed by atoms with Gasteiger partial charge in [-0.25, -0.2) is 4.79 Å². The lowest BCUT2D eigenvalue weighted by atomic mass is 9.87. The van der Waals surface area contributed by atoms with Crippen LogP contribution in [0.4, 0.5) is 0 Å². The van der Waals surface area contributed by atoms with E-state index in [4.69, 9.17) is 0 Å². The highest BCUT2D eigenvalue weighted by molar-refractivity contribution is 5.90. The number of rotatable bonds is 10. The first kappa shape index (κ1) is 21.4. The first-order chi connectivity index (χ1) is 11.2. The van der Waals surface area contributed by atoms with Gasteiger partial charge in [-0.2, -0.15) is 0 Å². The fraction of sp³-hybridized carbons (Fsp3) is 0.571. The Hall–Kier alpha value is -1.57. The molecule has 1 rings (SSSR count). The molecule has 0 saturated heterocycles. The molecule has 23 heavy (non-hydrogen) atoms. The molecule has 0 saturated carbocycles. The highest BCUT2D eigenvalue weighted by atomic mass is 16.4. The van der Waals surface area contributed by atoms with E-state index in [0.717, 1.165) is 50.5 Å². The van der Waals surface area contributed by atoms with Crippen molar-refractivity contribution >= 4 is 5.97 Å². The van der Waals surface area contributed by atoms with Crippen molar-refractivity contribution < 1.29 is 9.90 Å². The second kappa shape index (κ2) is 12.9. The number of benzene rings is 1. The molecule has 0 aromatic heterocycles. The molecule has 0 heterocycles. The van der Waals surface area contributed by atoms with Crippen LogP contribution in [0.1, 0.15) is 86.3 Å². The summed E-state index contributed by atoms with van der Waals surface area (Å²) < 4.78 is 0. The Balaban J connectivity index is 0.00000232. The van der Waals surface area contributed by atoms with Crippen LogP contribution in [-0.4, -0.2) is 11.1 Å². The molecule has 0 aliphatic rings. The molecule has 0 bridgehead atoms. The average Bonchev–Trinajstić information content (AvgIpc) is 2.57. The zero-order chi connectivity index (χ0) is 17.7. The molecule has 0 radical (unpaired) electrons. The van der Waals surface area contributed by atoms with E-state index < -0.39 is 5.97 Å². The highest BCUT2D eigenvalue weighted by Gasteiger charge is 2.16. The molecule has 0 fully saturated rings. The smallest absolute Gasteiger partial charge is 0.335 e. The number of hydrogen-bond acceptors (Lipinski definition) is 1. The Morgan fingerprint density at radius 1 is 0.870 bits per heavy atom. The van der Waals surface area contributed by atoms with Gasteiger partial charge in [0, 0.05) is 0 Å². The van der Waals surface area contributed by atoms with Crippen molar-refractivity contribution in [3.8, 4) is 0 Å². The van der Waals surface area contributed by atoms with Gasteiger partial charge in [-0.3, -0.25) is 0 Å². The van der Waals surface area contributed by atoms with Crippen LogP contribution >= 0.6 is 0 Å². The second-order valence-electron chi connectivity index (χ2n) is 5.85. The molecular weight excluding hydrogens is 284 g/mol. The summed E-state index contributed by atoms with van der Waals surface area (Å²) in [6.07, 6.45) is 9.82. The molecule has 130 valence electrons. The molecule has 0 atom stereocenters. The van der Waals surface area contributed by atoms with E-state index in [2.05, 4.69) is 40.0 Å². The van der Waals surface area contributed by atoms with Gasteiger partial charge < -0.3 is 5.11 Å². The maximum Gasteiger partial charge on any atom is 0.335 e. The van der Waals surface area contributed by atoms with E-state index >= 15 is 0 Å². The normalized spacial score (nSPS) is 10.0. The van der Waals surface area contributed by atoms with Crippen molar-refractivity contribution in [2.45, 2.75) is 78.6 Å². The molecule has 0 spiro atoms. The number of hydrogen-bond donors (Lipinski definition) is 1. The number of carboxylic acid groups (broad SMARTS) is 1. The van der Waals surface area contributed by atoms with Crippen LogP contribution in [0.3, 0.4) is 0 Å². The lowest BCUT2D eigenvalue weighted by Crippen LogP contribution is -2.09. The summed E-state index contributed by atoms with van der Waals surface area (Å²) in [5, 5.41) is 9.48. The standard InChI is InChI=1S/C19H30O2.C2H4/c1-4-7-10-15-13-14-18(19(20)21)17(12-9-6-3)16(15)11-8-5-2;1-2/h13-14H,4-12H2,1-3H3,(H,20,21);1-2H2. The maximum absolute atomic E-state index is 11.5. The van der Waals surface area contributed by atoms with E-state index in [1.807, 2.05) is 6.07 Å². The van der Waals surface area contributed by atoms with Gasteiger partial charge in [-0.15, -0.1) is 13.2 Å². The Labute approximate surface area is 142 Å². The zero-order valence-electron chi connectivity index (χ0n) is 15.3. The summed E-state index contributed by atoms with van der Waals surface area (Å²) in [6.45, 7) is 12.6. The topological polar surface area (TPSA) is 37.3 Å². The van der Waals surface area contributed by atoms with Gasteiger partial charge in [0.25, 0.3) is 0 Å². The number of unbranched alkanes of at least 4 members (excludes halogenated alkanes) is 3. The van der Waals surface area contributed by atoms with Crippen LogP contribution in [0.2, 0.25) is 0 Å². The van der Waals surface area contributed by atoms with Crippen molar-refractivity contribution in [2.75, 3.05) is 0 Å². The Bertz CT molecular complexity index is 463. The predicted octanol–water partition coefficient (Wildman–Crippen LogP) is 6.21. The van der Waals surface area contributed by atoms with Crippen molar-refractivity contribution in [3.63, 3.8) is 0 Å². The monoisotopic (exact) mass is 318 g/mol. The summed E-state index contributed by atoms with van der Waals surface area (Å²) in [7, 11) is 0. The van der Waals surface area contributed by atoms with E-state index in [0.29, 0.717) is 5.56 Å². The Kier molecular flexibility index (Phi) is 12.0. The van der Waals surface area contributed by atoms with E-state index in [9.17, 15) is 9.90 Å². The lowest BCUT2D eigenvalue weighted by Gasteiger charge is -2.17. The average molecular weight is 319 g/mol. The second-order valence-corrected chi connectivity index (χ2v) is 5.85. The minimum absolute atomic E-state index is 0.523. The molecule has 0 aliphatic carbocycles. The Morgan fingerprint density at radius 3 is 1.83 bits per heavy atom. The van der Waals surface area contributed by atoms with Crippen molar-refractivity contribution in [1.82, 2.24) is 0 Å². The SMILES string of the molecule is C=C.CCCCc1ccc(C(=O)O)c(CCCC)c1CCCC. The van der Waals surface area contributed by atoms with Gasteiger partial charge in [-0.1, -0.05) is 46.1 Å². The molecule has 0 amide bonds. The zero-order valence-corrected chi connectivity index (χ0v) is 15.3. The van der Waals surface area contributed by atoms with Crippen molar-refractivity contribution in [1.29, 1.82) is 0 Å². The van der Waals surface area contributed by atoms with Crippen LogP contribution in [-0.2, 0) is 19.3 Å². The van der Waals surface area contributed by atoms with Crippen LogP contribution in [0.5, 0.6) is 0 Å². The van der Waals surface area contributed by atoms with Gasteiger partial charge in [-0.05, 0) is 61.3 Å². The van der Waals surface area contributed by atoms with Crippen molar-refractivity contribution in [3.05, 3.63) is 47.5 Å². The molecule has 2 heteroatoms. The fourth-order valence-electron chi connectivity index (χ4n) is 2.85. The van der Waals surface area contributed by atoms with E-state index in [1.165, 1.54) is 24.0 Å². The van der Waals surface area contributed by atoms with Crippen LogP contribution in [0.15, 0.2) is 25.3 Å². The van der Waals surface area contributed by atoms with Crippen LogP contribution < -0.4 is 0 Å². The number of aromatic carboxylic acids is 1. The summed E-state index contributed by atoms with van der Waals surface area (Å²) in [5.41, 5.74) is 4.33. The highest BCUT2D eigenvalue weighted by Crippen LogP contribution is 2.25. The summed E-state index contributed by atoms with van der Waals surface area (Å²) in [5.74, 6) is -0.777. The molecule has 1 N–H and O–H groups in total. The molecule has 0 aliphatic heterocycles. The first-order valence-electron chi connectivity index (χ1n) is 9.02. The van der Waals surface area contributed by atoms with Gasteiger partial charge in [0.15, 0.2) is 0 Å². The Morgan fingerprint density at radius 2 is 1.35 bits per heavy atom. The molecule has 0 unspecified atom stereocenters. The van der Waals surface area contributed by atoms with Gasteiger partial charge in [0.1, 0.15) is 0 Å². The van der Waals surface area contributed by atoms with Gasteiger partial charge in [0.05, 0.1) is 5.56 Å². The summed E-state index contributed by atoms with van der Waals surface area (Å²) in [6, 6.07) is 3.88. The lowest BCUT2D eigenvalue weighted by molar-refractivity contribution is 0.0695. The number of carboxylic acids is 1. The van der Waals surface area contributed by atoms with Crippen molar-refractivity contribution in [2.24, 2.45) is 0 Å². The minimum Gasteiger partial charge on any atom is -0.478 e. The third-order valence-corrected chi connectivity index (χ3v) is 4.12. The molecule has 1 aromatic carbocycles. The van der Waals surface area contributed by atoms with E-state index in [-0.39, 0.29) is 0 Å². The fourth-order valence-corrected chi connectivity index (χ4v) is 2.85. The quantitative estimate of drug-likeness (QED) is 0.520. The first-order valence-corrected chi connectivity index (χ1v) is 9.02. The molecule has 1 aromatic rings. The number of carbonyl (C=O) groups is 1. The van der Waals surface area contributed by atoms with Crippen LogP contribution in [0.25, 0.3) is 0 Å². The molecule has 2 nitrogen and oxygen atoms in total. The van der Waals surface area contributed by atoms with Gasteiger partial charge in [0.2, 0.25) is 0 Å².